The monoisotopic (exact) mass is 547 g/mol. The van der Waals surface area contributed by atoms with Crippen LogP contribution in [0.3, 0.4) is 0 Å². The van der Waals surface area contributed by atoms with Gasteiger partial charge in [0.25, 0.3) is 0 Å². The second kappa shape index (κ2) is 14.6. The number of carbonyl (C=O) groups is 2. The van der Waals surface area contributed by atoms with E-state index in [-0.39, 0.29) is 37.2 Å². The Morgan fingerprint density at radius 2 is 1.58 bits per heavy atom. The van der Waals surface area contributed by atoms with E-state index in [2.05, 4.69) is 5.32 Å². The molecule has 0 saturated carbocycles. The zero-order chi connectivity index (χ0) is 28.3. The molecule has 210 valence electrons. The fourth-order valence-electron chi connectivity index (χ4n) is 3.84. The molecule has 0 aromatic heterocycles. The van der Waals surface area contributed by atoms with E-state index in [1.165, 1.54) is 4.31 Å². The number of methoxy groups -OCH3 is 1. The number of hydrogen-bond donors (Lipinski definition) is 1. The summed E-state index contributed by atoms with van der Waals surface area (Å²) < 4.78 is 36.9. The number of anilines is 1. The number of nitrogens with one attached hydrogen (secondary N) is 1. The highest BCUT2D eigenvalue weighted by Crippen LogP contribution is 2.23. The van der Waals surface area contributed by atoms with Crippen LogP contribution in [0.5, 0.6) is 11.5 Å². The van der Waals surface area contributed by atoms with Crippen LogP contribution in [-0.4, -0.2) is 64.2 Å². The standard InChI is InChI=1S/C28H41N3O6S/c1-7-37-26-16-12-24(13-17-26)31(38(6,34)35)18-8-9-27(32)30(22(4)28(33)29-19-21(2)3)20-23-10-14-25(36-5)15-11-23/h10-17,21-22H,7-9,18-20H2,1-6H3,(H,29,33). The number of amides is 2. The van der Waals surface area contributed by atoms with E-state index in [0.29, 0.717) is 36.8 Å². The SMILES string of the molecule is CCOc1ccc(N(CCCC(=O)N(Cc2ccc(OC)cc2)C(C)C(=O)NCC(C)C)S(C)(=O)=O)cc1. The van der Waals surface area contributed by atoms with Gasteiger partial charge in [0.15, 0.2) is 0 Å². The predicted octanol–water partition coefficient (Wildman–Crippen LogP) is 3.83. The highest BCUT2D eigenvalue weighted by Gasteiger charge is 2.26. The quantitative estimate of drug-likeness (QED) is 0.363. The Kier molecular flexibility index (Phi) is 11.9. The third-order valence-corrected chi connectivity index (χ3v) is 7.15. The van der Waals surface area contributed by atoms with Gasteiger partial charge in [-0.2, -0.15) is 0 Å². The van der Waals surface area contributed by atoms with Gasteiger partial charge in [-0.3, -0.25) is 13.9 Å². The third kappa shape index (κ3) is 9.55. The average Bonchev–Trinajstić information content (AvgIpc) is 2.88. The van der Waals surface area contributed by atoms with E-state index in [9.17, 15) is 18.0 Å². The Balaban J connectivity index is 2.15. The Morgan fingerprint density at radius 3 is 2.11 bits per heavy atom. The second-order valence-electron chi connectivity index (χ2n) is 9.55. The highest BCUT2D eigenvalue weighted by atomic mass is 32.2. The fraction of sp³-hybridized carbons (Fsp3) is 0.500. The molecule has 0 spiro atoms. The van der Waals surface area contributed by atoms with Crippen molar-refractivity contribution in [1.29, 1.82) is 0 Å². The van der Waals surface area contributed by atoms with Crippen molar-refractivity contribution in [3.63, 3.8) is 0 Å². The summed E-state index contributed by atoms with van der Waals surface area (Å²) in [6, 6.07) is 13.4. The van der Waals surface area contributed by atoms with E-state index in [1.807, 2.05) is 45.0 Å². The van der Waals surface area contributed by atoms with Gasteiger partial charge >= 0.3 is 0 Å². The molecule has 1 N–H and O–H groups in total. The summed E-state index contributed by atoms with van der Waals surface area (Å²) in [5, 5.41) is 2.90. The highest BCUT2D eigenvalue weighted by molar-refractivity contribution is 7.92. The number of hydrogen-bond acceptors (Lipinski definition) is 6. The first kappa shape index (κ1) is 31.0. The zero-order valence-corrected chi connectivity index (χ0v) is 24.1. The molecular formula is C28H41N3O6S. The fourth-order valence-corrected chi connectivity index (χ4v) is 4.81. The summed E-state index contributed by atoms with van der Waals surface area (Å²) in [4.78, 5) is 27.8. The lowest BCUT2D eigenvalue weighted by Crippen LogP contribution is -2.48. The van der Waals surface area contributed by atoms with Crippen molar-refractivity contribution in [3.8, 4) is 11.5 Å². The Hall–Kier alpha value is -3.27. The number of carbonyl (C=O) groups excluding carboxylic acids is 2. The van der Waals surface area contributed by atoms with Crippen molar-refractivity contribution in [2.45, 2.75) is 53.1 Å². The van der Waals surface area contributed by atoms with Gasteiger partial charge in [-0.1, -0.05) is 26.0 Å². The molecular weight excluding hydrogens is 506 g/mol. The molecule has 2 aromatic carbocycles. The van der Waals surface area contributed by atoms with Crippen molar-refractivity contribution in [2.75, 3.05) is 37.4 Å². The smallest absolute Gasteiger partial charge is 0.242 e. The molecule has 2 amide bonds. The molecule has 10 heteroatoms. The summed E-state index contributed by atoms with van der Waals surface area (Å²) in [5.41, 5.74) is 1.36. The topological polar surface area (TPSA) is 105 Å². The molecule has 0 radical (unpaired) electrons. The van der Waals surface area contributed by atoms with Gasteiger partial charge < -0.3 is 19.7 Å². The molecule has 2 rings (SSSR count). The summed E-state index contributed by atoms with van der Waals surface area (Å²) in [6.07, 6.45) is 1.52. The predicted molar refractivity (Wildman–Crippen MR) is 150 cm³/mol. The average molecular weight is 548 g/mol. The molecule has 38 heavy (non-hydrogen) atoms. The van der Waals surface area contributed by atoms with Crippen molar-refractivity contribution >= 4 is 27.5 Å². The maximum Gasteiger partial charge on any atom is 0.242 e. The van der Waals surface area contributed by atoms with Gasteiger partial charge in [0, 0.05) is 26.1 Å². The normalized spacial score (nSPS) is 12.1. The number of ether oxygens (including phenoxy) is 2. The molecule has 1 atom stereocenters. The largest absolute Gasteiger partial charge is 0.497 e. The molecule has 0 bridgehead atoms. The minimum atomic E-state index is -3.57. The van der Waals surface area contributed by atoms with E-state index in [0.717, 1.165) is 11.8 Å². The van der Waals surface area contributed by atoms with E-state index >= 15 is 0 Å². The van der Waals surface area contributed by atoms with Crippen LogP contribution in [0.4, 0.5) is 5.69 Å². The number of nitrogens with zero attached hydrogens (tertiary/aromatic N) is 2. The summed E-state index contributed by atoms with van der Waals surface area (Å²) >= 11 is 0. The maximum atomic E-state index is 13.4. The van der Waals surface area contributed by atoms with Gasteiger partial charge in [-0.25, -0.2) is 8.42 Å². The lowest BCUT2D eigenvalue weighted by Gasteiger charge is -2.29. The first-order chi connectivity index (χ1) is 18.0. The van der Waals surface area contributed by atoms with E-state index in [1.54, 1.807) is 43.2 Å². The van der Waals surface area contributed by atoms with Crippen LogP contribution in [0, 0.1) is 5.92 Å². The minimum Gasteiger partial charge on any atom is -0.497 e. The summed E-state index contributed by atoms with van der Waals surface area (Å²) in [5.74, 6) is 1.17. The van der Waals surface area contributed by atoms with Crippen LogP contribution >= 0.6 is 0 Å². The van der Waals surface area contributed by atoms with Crippen molar-refractivity contribution in [1.82, 2.24) is 10.2 Å². The third-order valence-electron chi connectivity index (χ3n) is 5.95. The number of benzene rings is 2. The number of sulfonamides is 1. The van der Waals surface area contributed by atoms with Crippen molar-refractivity contribution < 1.29 is 27.5 Å². The van der Waals surface area contributed by atoms with Crippen LogP contribution in [0.25, 0.3) is 0 Å². The molecule has 0 aliphatic heterocycles. The number of rotatable bonds is 15. The van der Waals surface area contributed by atoms with Crippen LogP contribution in [-0.2, 0) is 26.2 Å². The Labute approximate surface area is 227 Å². The van der Waals surface area contributed by atoms with Gasteiger partial charge in [-0.05, 0) is 68.1 Å². The van der Waals surface area contributed by atoms with Gasteiger partial charge in [0.1, 0.15) is 17.5 Å². The van der Waals surface area contributed by atoms with Crippen LogP contribution in [0.1, 0.15) is 46.1 Å². The molecule has 0 aliphatic rings. The molecule has 2 aromatic rings. The van der Waals surface area contributed by atoms with Crippen molar-refractivity contribution in [3.05, 3.63) is 54.1 Å². The minimum absolute atomic E-state index is 0.0843. The van der Waals surface area contributed by atoms with Crippen LogP contribution in [0.2, 0.25) is 0 Å². The van der Waals surface area contributed by atoms with Crippen molar-refractivity contribution in [2.24, 2.45) is 5.92 Å². The molecule has 9 nitrogen and oxygen atoms in total. The van der Waals surface area contributed by atoms with Gasteiger partial charge in [-0.15, -0.1) is 0 Å². The van der Waals surface area contributed by atoms with Gasteiger partial charge in [0.2, 0.25) is 21.8 Å². The summed E-state index contributed by atoms with van der Waals surface area (Å²) in [7, 11) is -1.99. The van der Waals surface area contributed by atoms with E-state index in [4.69, 9.17) is 9.47 Å². The Bertz CT molecular complexity index is 1130. The summed E-state index contributed by atoms with van der Waals surface area (Å²) in [6.45, 7) is 8.99. The maximum absolute atomic E-state index is 13.4. The molecule has 0 fully saturated rings. The van der Waals surface area contributed by atoms with Crippen LogP contribution in [0.15, 0.2) is 48.5 Å². The Morgan fingerprint density at radius 1 is 0.974 bits per heavy atom. The molecule has 0 aliphatic carbocycles. The van der Waals surface area contributed by atoms with Gasteiger partial charge in [0.05, 0.1) is 25.7 Å². The molecule has 0 saturated heterocycles. The van der Waals surface area contributed by atoms with E-state index < -0.39 is 16.1 Å². The zero-order valence-electron chi connectivity index (χ0n) is 23.3. The molecule has 1 unspecified atom stereocenters. The first-order valence-electron chi connectivity index (χ1n) is 12.9. The first-order valence-corrected chi connectivity index (χ1v) is 14.7. The second-order valence-corrected chi connectivity index (χ2v) is 11.5. The van der Waals surface area contributed by atoms with Crippen LogP contribution < -0.4 is 19.1 Å². The lowest BCUT2D eigenvalue weighted by atomic mass is 10.1. The lowest BCUT2D eigenvalue weighted by molar-refractivity contribution is -0.140. The molecule has 0 heterocycles.